The van der Waals surface area contributed by atoms with Crippen LogP contribution in [0.3, 0.4) is 0 Å². The van der Waals surface area contributed by atoms with E-state index < -0.39 is 0 Å². The Labute approximate surface area is 163 Å². The predicted octanol–water partition coefficient (Wildman–Crippen LogP) is 4.90. The smallest absolute Gasteiger partial charge is 0.255 e. The third kappa shape index (κ3) is 5.27. The summed E-state index contributed by atoms with van der Waals surface area (Å²) in [5.41, 5.74) is 2.72. The van der Waals surface area contributed by atoms with Crippen molar-refractivity contribution in [1.29, 1.82) is 0 Å². The number of anilines is 1. The highest BCUT2D eigenvalue weighted by Gasteiger charge is 2.08. The molecule has 28 heavy (non-hydrogen) atoms. The fourth-order valence-corrected chi connectivity index (χ4v) is 2.66. The van der Waals surface area contributed by atoms with Crippen molar-refractivity contribution in [3.63, 3.8) is 0 Å². The summed E-state index contributed by atoms with van der Waals surface area (Å²) in [6.07, 6.45) is 0.685. The highest BCUT2D eigenvalue weighted by molar-refractivity contribution is 6.04. The summed E-state index contributed by atoms with van der Waals surface area (Å²) in [6.45, 7) is 1.99. The van der Waals surface area contributed by atoms with Crippen LogP contribution in [0.5, 0.6) is 5.75 Å². The summed E-state index contributed by atoms with van der Waals surface area (Å²) in [5.74, 6) is -0.0214. The third-order valence-electron chi connectivity index (χ3n) is 4.22. The number of nitrogens with one attached hydrogen (secondary N) is 1. The Morgan fingerprint density at radius 2 is 1.64 bits per heavy atom. The van der Waals surface area contributed by atoms with Gasteiger partial charge in [-0.2, -0.15) is 0 Å². The molecule has 0 aliphatic carbocycles. The zero-order valence-electron chi connectivity index (χ0n) is 15.4. The fraction of sp³-hybridized carbons (Fsp3) is 0.130. The van der Waals surface area contributed by atoms with Crippen LogP contribution in [0.4, 0.5) is 10.1 Å². The molecule has 0 saturated carbocycles. The van der Waals surface area contributed by atoms with E-state index >= 15 is 0 Å². The van der Waals surface area contributed by atoms with Gasteiger partial charge >= 0.3 is 0 Å². The largest absolute Gasteiger partial charge is 0.493 e. The second-order valence-electron chi connectivity index (χ2n) is 6.34. The summed E-state index contributed by atoms with van der Waals surface area (Å²) >= 11 is 0. The molecule has 0 aliphatic heterocycles. The van der Waals surface area contributed by atoms with Crippen molar-refractivity contribution in [3.8, 4) is 5.75 Å². The van der Waals surface area contributed by atoms with Gasteiger partial charge in [-0.05, 0) is 55.0 Å². The van der Waals surface area contributed by atoms with Crippen LogP contribution < -0.4 is 10.1 Å². The van der Waals surface area contributed by atoms with E-state index in [4.69, 9.17) is 4.74 Å². The number of hydrogen-bond donors (Lipinski definition) is 1. The molecule has 4 nitrogen and oxygen atoms in total. The maximum absolute atomic E-state index is 13.0. The molecule has 3 aromatic rings. The van der Waals surface area contributed by atoms with Crippen LogP contribution >= 0.6 is 0 Å². The number of rotatable bonds is 7. The second kappa shape index (κ2) is 8.95. The molecule has 0 fully saturated rings. The molecule has 0 radical (unpaired) electrons. The molecule has 0 bridgehead atoms. The maximum Gasteiger partial charge on any atom is 0.255 e. The van der Waals surface area contributed by atoms with Gasteiger partial charge in [0, 0.05) is 23.2 Å². The molecule has 142 valence electrons. The monoisotopic (exact) mass is 377 g/mol. The molecule has 1 N–H and O–H groups in total. The first-order chi connectivity index (χ1) is 13.5. The number of amides is 1. The minimum atomic E-state index is -0.357. The first kappa shape index (κ1) is 19.3. The molecule has 0 aromatic heterocycles. The van der Waals surface area contributed by atoms with Crippen molar-refractivity contribution in [2.45, 2.75) is 13.3 Å². The lowest BCUT2D eigenvalue weighted by Gasteiger charge is -2.09. The van der Waals surface area contributed by atoms with Crippen LogP contribution in [0.15, 0.2) is 72.8 Å². The Morgan fingerprint density at radius 3 is 2.32 bits per heavy atom. The van der Waals surface area contributed by atoms with Crippen LogP contribution in [-0.4, -0.2) is 18.3 Å². The van der Waals surface area contributed by atoms with Gasteiger partial charge < -0.3 is 10.1 Å². The third-order valence-corrected chi connectivity index (χ3v) is 4.22. The van der Waals surface area contributed by atoms with Gasteiger partial charge in [0.2, 0.25) is 0 Å². The SMILES string of the molecule is CC(=O)c1ccc(CCOc2cccc(C(=O)Nc3ccc(F)cc3)c2)cc1. The summed E-state index contributed by atoms with van der Waals surface area (Å²) in [5, 5.41) is 2.72. The van der Waals surface area contributed by atoms with Crippen molar-refractivity contribution in [3.05, 3.63) is 95.3 Å². The summed E-state index contributed by atoms with van der Waals surface area (Å²) in [7, 11) is 0. The van der Waals surface area contributed by atoms with E-state index in [9.17, 15) is 14.0 Å². The van der Waals surface area contributed by atoms with E-state index in [0.29, 0.717) is 35.6 Å². The molecule has 3 rings (SSSR count). The van der Waals surface area contributed by atoms with Crippen LogP contribution in [0.1, 0.15) is 33.2 Å². The van der Waals surface area contributed by atoms with Crippen molar-refractivity contribution < 1.29 is 18.7 Å². The Bertz CT molecular complexity index is 966. The van der Waals surface area contributed by atoms with Gasteiger partial charge in [0.25, 0.3) is 5.91 Å². The van der Waals surface area contributed by atoms with Crippen molar-refractivity contribution >= 4 is 17.4 Å². The van der Waals surface area contributed by atoms with Gasteiger partial charge in [-0.1, -0.05) is 30.3 Å². The van der Waals surface area contributed by atoms with E-state index in [0.717, 1.165) is 5.56 Å². The number of halogens is 1. The van der Waals surface area contributed by atoms with E-state index in [1.54, 1.807) is 36.4 Å². The Balaban J connectivity index is 1.56. The molecular weight excluding hydrogens is 357 g/mol. The molecule has 1 amide bonds. The van der Waals surface area contributed by atoms with E-state index in [1.807, 2.05) is 12.1 Å². The summed E-state index contributed by atoms with van der Waals surface area (Å²) in [6, 6.07) is 19.9. The number of benzene rings is 3. The minimum absolute atomic E-state index is 0.0403. The number of hydrogen-bond acceptors (Lipinski definition) is 3. The van der Waals surface area contributed by atoms with Gasteiger partial charge in [0.05, 0.1) is 6.61 Å². The molecule has 5 heteroatoms. The normalized spacial score (nSPS) is 10.4. The number of ketones is 1. The Hall–Kier alpha value is -3.47. The van der Waals surface area contributed by atoms with Gasteiger partial charge in [-0.25, -0.2) is 4.39 Å². The molecule has 0 saturated heterocycles. The standard InChI is InChI=1S/C23H20FNO3/c1-16(26)18-7-5-17(6-8-18)13-14-28-22-4-2-3-19(15-22)23(27)25-21-11-9-20(24)10-12-21/h2-12,15H,13-14H2,1H3,(H,25,27). The maximum atomic E-state index is 13.0. The molecule has 0 aliphatic rings. The second-order valence-corrected chi connectivity index (χ2v) is 6.34. The Morgan fingerprint density at radius 1 is 0.929 bits per heavy atom. The van der Waals surface area contributed by atoms with E-state index in [2.05, 4.69) is 5.32 Å². The molecule has 0 atom stereocenters. The average molecular weight is 377 g/mol. The lowest BCUT2D eigenvalue weighted by molar-refractivity contribution is 0.101. The highest BCUT2D eigenvalue weighted by Crippen LogP contribution is 2.16. The lowest BCUT2D eigenvalue weighted by atomic mass is 10.1. The van der Waals surface area contributed by atoms with Crippen molar-refractivity contribution in [2.24, 2.45) is 0 Å². The van der Waals surface area contributed by atoms with E-state index in [-0.39, 0.29) is 17.5 Å². The topological polar surface area (TPSA) is 55.4 Å². The van der Waals surface area contributed by atoms with Crippen LogP contribution in [-0.2, 0) is 6.42 Å². The number of carbonyl (C=O) groups is 2. The summed E-state index contributed by atoms with van der Waals surface area (Å²) < 4.78 is 18.7. The van der Waals surface area contributed by atoms with Crippen LogP contribution in [0.2, 0.25) is 0 Å². The van der Waals surface area contributed by atoms with E-state index in [1.165, 1.54) is 31.2 Å². The van der Waals surface area contributed by atoms with Crippen LogP contribution in [0, 0.1) is 5.82 Å². The molecular formula is C23H20FNO3. The zero-order chi connectivity index (χ0) is 19.9. The first-order valence-electron chi connectivity index (χ1n) is 8.91. The predicted molar refractivity (Wildman–Crippen MR) is 106 cm³/mol. The Kier molecular flexibility index (Phi) is 6.17. The van der Waals surface area contributed by atoms with Crippen molar-refractivity contribution in [1.82, 2.24) is 0 Å². The number of Topliss-reactive ketones (excluding diaryl/α,β-unsaturated/α-hetero) is 1. The minimum Gasteiger partial charge on any atom is -0.493 e. The molecule has 0 spiro atoms. The quantitative estimate of drug-likeness (QED) is 0.596. The van der Waals surface area contributed by atoms with Crippen LogP contribution in [0.25, 0.3) is 0 Å². The van der Waals surface area contributed by atoms with Gasteiger partial charge in [-0.3, -0.25) is 9.59 Å². The molecule has 0 heterocycles. The molecule has 3 aromatic carbocycles. The van der Waals surface area contributed by atoms with Gasteiger partial charge in [0.1, 0.15) is 11.6 Å². The number of ether oxygens (including phenoxy) is 1. The van der Waals surface area contributed by atoms with Crippen molar-refractivity contribution in [2.75, 3.05) is 11.9 Å². The van der Waals surface area contributed by atoms with Gasteiger partial charge in [0.15, 0.2) is 5.78 Å². The summed E-state index contributed by atoms with van der Waals surface area (Å²) in [4.78, 5) is 23.6. The fourth-order valence-electron chi connectivity index (χ4n) is 2.66. The highest BCUT2D eigenvalue weighted by atomic mass is 19.1. The first-order valence-corrected chi connectivity index (χ1v) is 8.91. The molecule has 0 unspecified atom stereocenters. The zero-order valence-corrected chi connectivity index (χ0v) is 15.4. The van der Waals surface area contributed by atoms with Gasteiger partial charge in [-0.15, -0.1) is 0 Å². The number of carbonyl (C=O) groups excluding carboxylic acids is 2. The average Bonchev–Trinajstić information content (AvgIpc) is 2.70. The lowest BCUT2D eigenvalue weighted by Crippen LogP contribution is -2.12.